The Labute approximate surface area is 507 Å². The summed E-state index contributed by atoms with van der Waals surface area (Å²) in [5.74, 6) is -1.99. The summed E-state index contributed by atoms with van der Waals surface area (Å²) in [5.41, 5.74) is 0. The average Bonchev–Trinajstić information content (AvgIpc) is 3.45. The highest BCUT2D eigenvalue weighted by Crippen LogP contribution is 2.18. The van der Waals surface area contributed by atoms with Crippen LogP contribution in [0.2, 0.25) is 0 Å². The summed E-state index contributed by atoms with van der Waals surface area (Å²) < 4.78 is 23.0. The van der Waals surface area contributed by atoms with Gasteiger partial charge in [-0.3, -0.25) is 9.59 Å². The van der Waals surface area contributed by atoms with Crippen molar-refractivity contribution in [1.29, 1.82) is 0 Å². The molecule has 0 heterocycles. The van der Waals surface area contributed by atoms with E-state index in [1.165, 1.54) is 218 Å². The third kappa shape index (κ3) is 64.3. The molecule has 0 amide bonds. The van der Waals surface area contributed by atoms with Crippen molar-refractivity contribution in [2.45, 2.75) is 328 Å². The van der Waals surface area contributed by atoms with Gasteiger partial charge >= 0.3 is 17.9 Å². The van der Waals surface area contributed by atoms with Crippen LogP contribution in [0.4, 0.5) is 0 Å². The first-order valence-electron chi connectivity index (χ1n) is 34.6. The molecule has 2 atom stereocenters. The molecule has 0 radical (unpaired) electrons. The fourth-order valence-electron chi connectivity index (χ4n) is 9.92. The predicted molar refractivity (Wildman–Crippen MR) is 350 cm³/mol. The van der Waals surface area contributed by atoms with Gasteiger partial charge in [0.25, 0.3) is 6.29 Å². The number of allylic oxidation sites excluding steroid dienone is 12. The molecular weight excluding hydrogens is 1020 g/mol. The third-order valence-corrected chi connectivity index (χ3v) is 15.2. The molecule has 0 aromatic carbocycles. The first-order chi connectivity index (χ1) is 40.1. The fraction of sp³-hybridized carbons (Fsp3) is 0.795. The number of hydrogen-bond donors (Lipinski definition) is 1. The summed E-state index contributed by atoms with van der Waals surface area (Å²) in [5, 5.41) is 9.73. The number of unbranched alkanes of at least 4 members (excludes halogenated alkanes) is 37. The Kier molecular flexibility index (Phi) is 61.2. The van der Waals surface area contributed by atoms with Crippen LogP contribution in [-0.2, 0) is 33.3 Å². The zero-order valence-electron chi connectivity index (χ0n) is 54.4. The number of carboxylic acids is 1. The Morgan fingerprint density at radius 2 is 0.695 bits per heavy atom. The Hall–Kier alpha value is -3.27. The topological polar surface area (TPSA) is 108 Å². The molecule has 9 nitrogen and oxygen atoms in total. The monoisotopic (exact) mass is 1150 g/mol. The van der Waals surface area contributed by atoms with Gasteiger partial charge in [0.05, 0.1) is 34.4 Å². The lowest BCUT2D eigenvalue weighted by molar-refractivity contribution is -0.870. The molecule has 0 aliphatic rings. The molecule has 0 saturated carbocycles. The number of rotatable bonds is 64. The first-order valence-corrected chi connectivity index (χ1v) is 34.6. The molecule has 82 heavy (non-hydrogen) atoms. The van der Waals surface area contributed by atoms with Gasteiger partial charge < -0.3 is 28.5 Å². The molecule has 0 spiro atoms. The number of carbonyl (C=O) groups excluding carboxylic acids is 2. The van der Waals surface area contributed by atoms with Crippen LogP contribution in [0, 0.1) is 0 Å². The van der Waals surface area contributed by atoms with Crippen LogP contribution < -0.4 is 0 Å². The van der Waals surface area contributed by atoms with E-state index in [4.69, 9.17) is 18.9 Å². The van der Waals surface area contributed by atoms with Crippen LogP contribution in [0.1, 0.15) is 316 Å². The normalized spacial score (nSPS) is 13.1. The second kappa shape index (κ2) is 63.7. The molecule has 2 unspecified atom stereocenters. The van der Waals surface area contributed by atoms with E-state index in [1.807, 2.05) is 21.1 Å². The minimum absolute atomic E-state index is 0.181. The molecule has 0 aromatic heterocycles. The van der Waals surface area contributed by atoms with Crippen molar-refractivity contribution in [3.05, 3.63) is 72.9 Å². The number of hydrogen-bond acceptors (Lipinski definition) is 7. The zero-order chi connectivity index (χ0) is 59.8. The molecule has 0 aliphatic carbocycles. The van der Waals surface area contributed by atoms with E-state index in [1.54, 1.807) is 0 Å². The highest BCUT2D eigenvalue weighted by Gasteiger charge is 2.25. The van der Waals surface area contributed by atoms with Crippen molar-refractivity contribution < 1.29 is 42.9 Å². The first kappa shape index (κ1) is 78.7. The van der Waals surface area contributed by atoms with E-state index in [9.17, 15) is 19.5 Å². The lowest BCUT2D eigenvalue weighted by Crippen LogP contribution is -2.40. The highest BCUT2D eigenvalue weighted by molar-refractivity contribution is 5.71. The summed E-state index contributed by atoms with van der Waals surface area (Å²) in [6.07, 6.45) is 81.7. The Bertz CT molecular complexity index is 1570. The maximum atomic E-state index is 12.9. The lowest BCUT2D eigenvalue weighted by atomic mass is 10.0. The maximum absolute atomic E-state index is 12.9. The number of aliphatic carboxylic acids is 1. The molecule has 476 valence electrons. The van der Waals surface area contributed by atoms with Gasteiger partial charge in [-0.1, -0.05) is 292 Å². The summed E-state index contributed by atoms with van der Waals surface area (Å²) in [6.45, 7) is 4.80. The largest absolute Gasteiger partial charge is 0.477 e. The van der Waals surface area contributed by atoms with E-state index in [-0.39, 0.29) is 32.2 Å². The second-order valence-electron chi connectivity index (χ2n) is 24.5. The van der Waals surface area contributed by atoms with Crippen molar-refractivity contribution in [2.75, 3.05) is 47.5 Å². The smallest absolute Gasteiger partial charge is 0.361 e. The number of nitrogens with zero attached hydrogens (tertiary/aromatic N) is 1. The summed E-state index contributed by atoms with van der Waals surface area (Å²) in [6, 6.07) is 0. The van der Waals surface area contributed by atoms with Gasteiger partial charge in [-0.15, -0.1) is 0 Å². The molecule has 0 aromatic rings. The van der Waals surface area contributed by atoms with Crippen LogP contribution in [-0.4, -0.2) is 87.4 Å². The third-order valence-electron chi connectivity index (χ3n) is 15.2. The van der Waals surface area contributed by atoms with Gasteiger partial charge in [-0.05, 0) is 83.5 Å². The van der Waals surface area contributed by atoms with Crippen LogP contribution in [0.25, 0.3) is 0 Å². The maximum Gasteiger partial charge on any atom is 0.361 e. The minimum atomic E-state index is -1.51. The summed E-state index contributed by atoms with van der Waals surface area (Å²) >= 11 is 0. The molecule has 0 bridgehead atoms. The fourth-order valence-corrected chi connectivity index (χ4v) is 9.92. The molecule has 0 saturated heterocycles. The lowest BCUT2D eigenvalue weighted by Gasteiger charge is -2.25. The van der Waals surface area contributed by atoms with E-state index < -0.39 is 24.3 Å². The van der Waals surface area contributed by atoms with Crippen LogP contribution in [0.15, 0.2) is 72.9 Å². The quantitative estimate of drug-likeness (QED) is 0.0211. The zero-order valence-corrected chi connectivity index (χ0v) is 54.4. The van der Waals surface area contributed by atoms with Crippen molar-refractivity contribution in [3.8, 4) is 0 Å². The minimum Gasteiger partial charge on any atom is -0.477 e. The molecule has 9 heteroatoms. The van der Waals surface area contributed by atoms with E-state index >= 15 is 0 Å². The van der Waals surface area contributed by atoms with Gasteiger partial charge in [-0.25, -0.2) is 4.79 Å². The van der Waals surface area contributed by atoms with E-state index in [0.29, 0.717) is 17.4 Å². The van der Waals surface area contributed by atoms with Gasteiger partial charge in [0, 0.05) is 12.8 Å². The average molecular weight is 1150 g/mol. The van der Waals surface area contributed by atoms with Crippen molar-refractivity contribution in [3.63, 3.8) is 0 Å². The predicted octanol–water partition coefficient (Wildman–Crippen LogP) is 21.3. The number of ether oxygens (including phenoxy) is 4. The number of esters is 2. The second-order valence-corrected chi connectivity index (χ2v) is 24.5. The highest BCUT2D eigenvalue weighted by atomic mass is 16.7. The van der Waals surface area contributed by atoms with Crippen LogP contribution >= 0.6 is 0 Å². The van der Waals surface area contributed by atoms with E-state index in [2.05, 4.69) is 86.8 Å². The van der Waals surface area contributed by atoms with Crippen LogP contribution in [0.3, 0.4) is 0 Å². The molecular formula is C73H132NO8+. The molecule has 0 rings (SSSR count). The van der Waals surface area contributed by atoms with Crippen molar-refractivity contribution in [2.24, 2.45) is 0 Å². The molecule has 0 fully saturated rings. The Balaban J connectivity index is 3.99. The summed E-state index contributed by atoms with van der Waals surface area (Å²) in [7, 11) is 5.98. The molecule has 1 N–H and O–H groups in total. The molecule has 0 aliphatic heterocycles. The van der Waals surface area contributed by atoms with Gasteiger partial charge in [0.1, 0.15) is 13.2 Å². The van der Waals surface area contributed by atoms with Crippen molar-refractivity contribution in [1.82, 2.24) is 0 Å². The standard InChI is InChI=1S/C73H131NO8/c1-6-8-10-12-14-16-18-20-22-24-26-27-28-29-30-31-32-33-34-35-36-37-38-39-40-41-42-43-44-45-46-48-50-52-54-56-58-60-62-64-71(76)82-69(68-81-73(72(77)78)79-66-65-74(3,4)5)67-80-70(75)63-61-59-57-55-53-51-49-47-25-23-21-19-17-15-13-11-9-7-2/h8,10,14,16,20,22-23,25-27,29-30,69,73H,6-7,9,11-13,15,17-19,21,24,28,31-68H2,1-5H3/p+1/b10-8-,16-14-,22-20-,25-23-,27-26-,30-29-. The SMILES string of the molecule is CC/C=C\C/C=C\C/C=C\C/C=C\C/C=C\CCCCCCCCCCCCCCCCCCCCCCCCCC(=O)OC(COC(=O)CCCCCCCCC/C=C\CCCCCCCCC)COC(OCC[N+](C)(C)C)C(=O)O. The number of carbonyl (C=O) groups is 3. The van der Waals surface area contributed by atoms with E-state index in [0.717, 1.165) is 70.6 Å². The van der Waals surface area contributed by atoms with Gasteiger partial charge in [0.2, 0.25) is 0 Å². The Morgan fingerprint density at radius 1 is 0.378 bits per heavy atom. The number of likely N-dealkylation sites (N-methyl/N-ethyl adjacent to an activating group) is 1. The summed E-state index contributed by atoms with van der Waals surface area (Å²) in [4.78, 5) is 37.5. The number of quaternary nitrogens is 1. The van der Waals surface area contributed by atoms with Gasteiger partial charge in [-0.2, -0.15) is 0 Å². The Morgan fingerprint density at radius 3 is 1.05 bits per heavy atom. The van der Waals surface area contributed by atoms with Crippen LogP contribution in [0.5, 0.6) is 0 Å². The number of carboxylic acid groups (broad SMARTS) is 1. The van der Waals surface area contributed by atoms with Crippen molar-refractivity contribution >= 4 is 17.9 Å². The van der Waals surface area contributed by atoms with Gasteiger partial charge in [0.15, 0.2) is 6.10 Å².